The largest absolute Gasteiger partial charge is 0.374 e. The molecule has 1 aromatic rings. The zero-order chi connectivity index (χ0) is 12.6. The number of carbonyl (C=O) groups excluding carboxylic acids is 1. The molecule has 1 heterocycles. The summed E-state index contributed by atoms with van der Waals surface area (Å²) < 4.78 is 0.989. The molecule has 1 amide bonds. The number of nitrogens with two attached hydrogens (primary N) is 1. The molecular weight excluding hydrogens is 282 g/mol. The molecule has 0 unspecified atom stereocenters. The van der Waals surface area contributed by atoms with E-state index in [-0.39, 0.29) is 11.4 Å². The summed E-state index contributed by atoms with van der Waals surface area (Å²) in [5.41, 5.74) is 7.24. The third-order valence-electron chi connectivity index (χ3n) is 2.98. The van der Waals surface area contributed by atoms with Crippen molar-refractivity contribution in [2.24, 2.45) is 5.73 Å². The Morgan fingerprint density at radius 1 is 1.53 bits per heavy atom. The summed E-state index contributed by atoms with van der Waals surface area (Å²) in [6, 6.07) is 5.83. The maximum absolute atomic E-state index is 12.0. The van der Waals surface area contributed by atoms with Gasteiger partial charge >= 0.3 is 0 Å². The first-order chi connectivity index (χ1) is 7.95. The van der Waals surface area contributed by atoms with E-state index in [0.717, 1.165) is 15.8 Å². The predicted molar refractivity (Wildman–Crippen MR) is 73.3 cm³/mol. The number of carbonyl (C=O) groups is 1. The molecule has 3 N–H and O–H groups in total. The lowest BCUT2D eigenvalue weighted by atomic mass is 10.00. The molecule has 0 bridgehead atoms. The Morgan fingerprint density at radius 3 is 2.88 bits per heavy atom. The molecule has 0 saturated carbocycles. The van der Waals surface area contributed by atoms with Crippen molar-refractivity contribution in [3.05, 3.63) is 22.7 Å². The van der Waals surface area contributed by atoms with Crippen molar-refractivity contribution in [1.82, 2.24) is 0 Å². The summed E-state index contributed by atoms with van der Waals surface area (Å²) in [5.74, 6) is 0.0512. The number of benzene rings is 1. The van der Waals surface area contributed by atoms with Crippen LogP contribution in [0.5, 0.6) is 0 Å². The van der Waals surface area contributed by atoms with E-state index in [1.807, 2.05) is 32.0 Å². The second-order valence-electron chi connectivity index (χ2n) is 4.76. The van der Waals surface area contributed by atoms with Crippen molar-refractivity contribution in [1.29, 1.82) is 0 Å². The molecule has 0 saturated heterocycles. The average Bonchev–Trinajstić information content (AvgIpc) is 2.29. The molecule has 5 heteroatoms. The molecule has 0 aromatic heterocycles. The van der Waals surface area contributed by atoms with E-state index in [0.29, 0.717) is 13.1 Å². The number of amides is 1. The van der Waals surface area contributed by atoms with Crippen LogP contribution in [0.25, 0.3) is 0 Å². The van der Waals surface area contributed by atoms with Crippen molar-refractivity contribution >= 4 is 33.2 Å². The van der Waals surface area contributed by atoms with Crippen LogP contribution in [0.2, 0.25) is 0 Å². The number of rotatable bonds is 2. The molecule has 4 nitrogen and oxygen atoms in total. The highest BCUT2D eigenvalue weighted by molar-refractivity contribution is 9.10. The molecule has 92 valence electrons. The fourth-order valence-electron chi connectivity index (χ4n) is 1.98. The maximum atomic E-state index is 12.0. The van der Waals surface area contributed by atoms with Gasteiger partial charge in [-0.05, 0) is 32.0 Å². The van der Waals surface area contributed by atoms with Crippen LogP contribution >= 0.6 is 15.9 Å². The normalized spacial score (nSPS) is 15.5. The zero-order valence-electron chi connectivity index (χ0n) is 9.96. The Balaban J connectivity index is 2.51. The van der Waals surface area contributed by atoms with Gasteiger partial charge < -0.3 is 16.0 Å². The van der Waals surface area contributed by atoms with Gasteiger partial charge in [-0.3, -0.25) is 4.79 Å². The third-order valence-corrected chi connectivity index (χ3v) is 3.48. The third kappa shape index (κ3) is 2.17. The Morgan fingerprint density at radius 2 is 2.24 bits per heavy atom. The topological polar surface area (TPSA) is 58.4 Å². The summed E-state index contributed by atoms with van der Waals surface area (Å²) >= 11 is 3.42. The second kappa shape index (κ2) is 4.31. The van der Waals surface area contributed by atoms with Crippen molar-refractivity contribution in [2.75, 3.05) is 23.3 Å². The van der Waals surface area contributed by atoms with E-state index in [4.69, 9.17) is 5.73 Å². The van der Waals surface area contributed by atoms with Gasteiger partial charge in [-0.1, -0.05) is 15.9 Å². The lowest BCUT2D eigenvalue weighted by molar-refractivity contribution is -0.118. The molecule has 1 aliphatic rings. The minimum Gasteiger partial charge on any atom is -0.374 e. The van der Waals surface area contributed by atoms with E-state index in [1.54, 1.807) is 4.90 Å². The van der Waals surface area contributed by atoms with Gasteiger partial charge in [-0.15, -0.1) is 0 Å². The fourth-order valence-corrected chi connectivity index (χ4v) is 2.35. The van der Waals surface area contributed by atoms with Crippen LogP contribution in [-0.2, 0) is 4.79 Å². The van der Waals surface area contributed by atoms with Gasteiger partial charge in [0, 0.05) is 11.0 Å². The van der Waals surface area contributed by atoms with Crippen molar-refractivity contribution in [3.63, 3.8) is 0 Å². The van der Waals surface area contributed by atoms with Crippen LogP contribution in [-0.4, -0.2) is 24.5 Å². The number of anilines is 2. The molecule has 1 aliphatic heterocycles. The van der Waals surface area contributed by atoms with Crippen molar-refractivity contribution in [3.8, 4) is 0 Å². The second-order valence-corrected chi connectivity index (χ2v) is 5.68. The maximum Gasteiger partial charge on any atom is 0.246 e. The summed E-state index contributed by atoms with van der Waals surface area (Å²) in [5, 5.41) is 3.12. The van der Waals surface area contributed by atoms with E-state index in [2.05, 4.69) is 21.2 Å². The van der Waals surface area contributed by atoms with Crippen LogP contribution in [0.3, 0.4) is 0 Å². The number of fused-ring (bicyclic) bond motifs is 1. The summed E-state index contributed by atoms with van der Waals surface area (Å²) in [6.07, 6.45) is 0. The van der Waals surface area contributed by atoms with Crippen molar-refractivity contribution < 1.29 is 4.79 Å². The molecule has 0 aliphatic carbocycles. The lowest BCUT2D eigenvalue weighted by Crippen LogP contribution is -2.56. The highest BCUT2D eigenvalue weighted by Gasteiger charge is 2.34. The minimum absolute atomic E-state index is 0.0512. The zero-order valence-corrected chi connectivity index (χ0v) is 11.5. The fraction of sp³-hybridized carbons (Fsp3) is 0.417. The Labute approximate surface area is 109 Å². The molecule has 0 atom stereocenters. The smallest absolute Gasteiger partial charge is 0.246 e. The van der Waals surface area contributed by atoms with Crippen LogP contribution in [0, 0.1) is 0 Å². The molecule has 0 fully saturated rings. The molecular formula is C12H16BrN3O. The predicted octanol–water partition coefficient (Wildman–Crippen LogP) is 1.94. The first kappa shape index (κ1) is 12.4. The molecule has 17 heavy (non-hydrogen) atoms. The van der Waals surface area contributed by atoms with Gasteiger partial charge in [-0.2, -0.15) is 0 Å². The summed E-state index contributed by atoms with van der Waals surface area (Å²) in [6.45, 7) is 4.69. The van der Waals surface area contributed by atoms with E-state index >= 15 is 0 Å². The Hall–Kier alpha value is -1.07. The first-order valence-corrected chi connectivity index (χ1v) is 6.31. The van der Waals surface area contributed by atoms with Crippen molar-refractivity contribution in [2.45, 2.75) is 19.4 Å². The highest BCUT2D eigenvalue weighted by atomic mass is 79.9. The molecule has 0 radical (unpaired) electrons. The molecule has 1 aromatic carbocycles. The first-order valence-electron chi connectivity index (χ1n) is 5.52. The molecule has 2 rings (SSSR count). The minimum atomic E-state index is -0.373. The van der Waals surface area contributed by atoms with Crippen LogP contribution in [0.1, 0.15) is 13.8 Å². The van der Waals surface area contributed by atoms with Gasteiger partial charge in [0.25, 0.3) is 0 Å². The van der Waals surface area contributed by atoms with Crippen LogP contribution in [0.15, 0.2) is 22.7 Å². The van der Waals surface area contributed by atoms with E-state index in [9.17, 15) is 4.79 Å². The summed E-state index contributed by atoms with van der Waals surface area (Å²) in [4.78, 5) is 13.8. The number of hydrogen-bond donors (Lipinski definition) is 2. The van der Waals surface area contributed by atoms with Gasteiger partial charge in [0.05, 0.1) is 23.5 Å². The molecule has 0 spiro atoms. The average molecular weight is 298 g/mol. The monoisotopic (exact) mass is 297 g/mol. The number of hydrogen-bond acceptors (Lipinski definition) is 3. The van der Waals surface area contributed by atoms with Gasteiger partial charge in [0.1, 0.15) is 0 Å². The standard InChI is InChI=1S/C12H16BrN3O/c1-12(2,7-14)16-10-4-3-8(13)5-9(10)15-6-11(16)17/h3-5,15H,6-7,14H2,1-2H3. The van der Waals surface area contributed by atoms with Gasteiger partial charge in [0.2, 0.25) is 5.91 Å². The van der Waals surface area contributed by atoms with E-state index in [1.165, 1.54) is 0 Å². The summed E-state index contributed by atoms with van der Waals surface area (Å²) in [7, 11) is 0. The number of nitrogens with zero attached hydrogens (tertiary/aromatic N) is 1. The number of halogens is 1. The van der Waals surface area contributed by atoms with Gasteiger partial charge in [-0.25, -0.2) is 0 Å². The quantitative estimate of drug-likeness (QED) is 0.877. The lowest BCUT2D eigenvalue weighted by Gasteiger charge is -2.41. The van der Waals surface area contributed by atoms with Gasteiger partial charge in [0.15, 0.2) is 0 Å². The van der Waals surface area contributed by atoms with Crippen LogP contribution < -0.4 is 16.0 Å². The van der Waals surface area contributed by atoms with Crippen LogP contribution in [0.4, 0.5) is 11.4 Å². The Kier molecular flexibility index (Phi) is 3.14. The van der Waals surface area contributed by atoms with E-state index < -0.39 is 0 Å². The number of nitrogens with one attached hydrogen (secondary N) is 1. The Bertz CT molecular complexity index is 459. The SMILES string of the molecule is CC(C)(CN)N1C(=O)CNc2cc(Br)ccc21. The highest BCUT2D eigenvalue weighted by Crippen LogP contribution is 2.35.